The highest BCUT2D eigenvalue weighted by atomic mass is 15.4. The third-order valence-corrected chi connectivity index (χ3v) is 4.84. The molecule has 2 unspecified atom stereocenters. The summed E-state index contributed by atoms with van der Waals surface area (Å²) in [5, 5.41) is 7.61. The van der Waals surface area contributed by atoms with Gasteiger partial charge in [-0.05, 0) is 38.5 Å². The van der Waals surface area contributed by atoms with Crippen LogP contribution >= 0.6 is 0 Å². The molecule has 2 atom stereocenters. The molecule has 0 aromatic carbocycles. The number of anilines is 1. The average molecular weight is 293 g/mol. The van der Waals surface area contributed by atoms with Crippen LogP contribution in [-0.2, 0) is 0 Å². The highest BCUT2D eigenvalue weighted by molar-refractivity contribution is 5.30. The number of unbranched alkanes of at least 4 members (excludes halogenated alkanes) is 1. The summed E-state index contributed by atoms with van der Waals surface area (Å²) in [7, 11) is 0. The molecule has 0 amide bonds. The predicted octanol–water partition coefficient (Wildman–Crippen LogP) is 3.05. The van der Waals surface area contributed by atoms with Crippen LogP contribution in [0.2, 0.25) is 0 Å². The van der Waals surface area contributed by atoms with Gasteiger partial charge in [-0.2, -0.15) is 4.98 Å². The lowest BCUT2D eigenvalue weighted by Gasteiger charge is -2.32. The maximum atomic E-state index is 6.00. The molecule has 1 aromatic heterocycles. The van der Waals surface area contributed by atoms with Crippen LogP contribution in [0, 0.1) is 5.92 Å². The van der Waals surface area contributed by atoms with E-state index in [-0.39, 0.29) is 0 Å². The van der Waals surface area contributed by atoms with E-state index in [1.165, 1.54) is 19.3 Å². The Balaban J connectivity index is 1.93. The molecule has 1 aliphatic rings. The predicted molar refractivity (Wildman–Crippen MR) is 87.5 cm³/mol. The van der Waals surface area contributed by atoms with E-state index in [4.69, 9.17) is 10.7 Å². The molecule has 0 radical (unpaired) electrons. The van der Waals surface area contributed by atoms with E-state index in [9.17, 15) is 0 Å². The molecule has 1 saturated heterocycles. The van der Waals surface area contributed by atoms with Crippen molar-refractivity contribution in [3.8, 4) is 0 Å². The quantitative estimate of drug-likeness (QED) is 0.810. The van der Waals surface area contributed by atoms with E-state index < -0.39 is 0 Å². The molecule has 1 fully saturated rings. The van der Waals surface area contributed by atoms with Gasteiger partial charge >= 0.3 is 0 Å². The fourth-order valence-electron chi connectivity index (χ4n) is 3.20. The van der Waals surface area contributed by atoms with E-state index in [0.29, 0.717) is 17.9 Å². The summed E-state index contributed by atoms with van der Waals surface area (Å²) in [4.78, 5) is 7.05. The molecule has 5 nitrogen and oxygen atoms in total. The molecule has 3 N–H and O–H groups in total. The van der Waals surface area contributed by atoms with E-state index >= 15 is 0 Å². The van der Waals surface area contributed by atoms with Gasteiger partial charge in [0.1, 0.15) is 5.82 Å². The third kappa shape index (κ3) is 4.19. The maximum Gasteiger partial charge on any atom is 0.244 e. The van der Waals surface area contributed by atoms with Crippen molar-refractivity contribution in [2.24, 2.45) is 11.7 Å². The standard InChI is InChI=1S/C16H31N5/c1-4-6-7-13(5-2)15-18-16(20-19-15)21-10-8-14(9-11-21)12(3)17/h12-14H,4-11,17H2,1-3H3,(H,18,19,20). The number of nitrogens with one attached hydrogen (secondary N) is 1. The number of H-pyrrole nitrogens is 1. The largest absolute Gasteiger partial charge is 0.340 e. The Kier molecular flexibility index (Phi) is 6.03. The molecule has 120 valence electrons. The summed E-state index contributed by atoms with van der Waals surface area (Å²) in [6.45, 7) is 8.63. The molecule has 0 spiro atoms. The van der Waals surface area contributed by atoms with Gasteiger partial charge in [-0.25, -0.2) is 0 Å². The molecular weight excluding hydrogens is 262 g/mol. The van der Waals surface area contributed by atoms with Crippen LogP contribution in [0.3, 0.4) is 0 Å². The first-order valence-corrected chi connectivity index (χ1v) is 8.58. The lowest BCUT2D eigenvalue weighted by Crippen LogP contribution is -2.40. The number of aromatic amines is 1. The zero-order valence-corrected chi connectivity index (χ0v) is 13.8. The minimum absolute atomic E-state index is 0.299. The second-order valence-corrected chi connectivity index (χ2v) is 6.45. The lowest BCUT2D eigenvalue weighted by atomic mass is 9.91. The first-order valence-electron chi connectivity index (χ1n) is 8.58. The summed E-state index contributed by atoms with van der Waals surface area (Å²) in [6.07, 6.45) is 7.12. The van der Waals surface area contributed by atoms with Gasteiger partial charge in [0.05, 0.1) is 0 Å². The number of rotatable bonds is 7. The SMILES string of the molecule is CCCCC(CC)c1nc(N2CCC(C(C)N)CC2)n[nH]1. The summed E-state index contributed by atoms with van der Waals surface area (Å²) in [5.41, 5.74) is 6.00. The second kappa shape index (κ2) is 7.78. The Labute approximate surface area is 128 Å². The molecule has 21 heavy (non-hydrogen) atoms. The highest BCUT2D eigenvalue weighted by Crippen LogP contribution is 2.26. The fraction of sp³-hybridized carbons (Fsp3) is 0.875. The van der Waals surface area contributed by atoms with Gasteiger partial charge in [0.2, 0.25) is 5.95 Å². The molecular formula is C16H31N5. The van der Waals surface area contributed by atoms with Crippen molar-refractivity contribution in [2.75, 3.05) is 18.0 Å². The van der Waals surface area contributed by atoms with Crippen molar-refractivity contribution >= 4 is 5.95 Å². The van der Waals surface area contributed by atoms with Crippen LogP contribution in [0.5, 0.6) is 0 Å². The topological polar surface area (TPSA) is 70.8 Å². The fourth-order valence-corrected chi connectivity index (χ4v) is 3.20. The van der Waals surface area contributed by atoms with Crippen molar-refractivity contribution < 1.29 is 0 Å². The zero-order valence-electron chi connectivity index (χ0n) is 13.8. The van der Waals surface area contributed by atoms with Crippen molar-refractivity contribution in [3.63, 3.8) is 0 Å². The van der Waals surface area contributed by atoms with Gasteiger partial charge < -0.3 is 10.6 Å². The number of nitrogens with zero attached hydrogens (tertiary/aromatic N) is 3. The Hall–Kier alpha value is -1.10. The summed E-state index contributed by atoms with van der Waals surface area (Å²) in [5.74, 6) is 3.11. The number of aromatic nitrogens is 3. The Bertz CT molecular complexity index is 407. The van der Waals surface area contributed by atoms with Gasteiger partial charge in [0, 0.05) is 25.0 Å². The molecule has 2 rings (SSSR count). The Morgan fingerprint density at radius 2 is 2.05 bits per heavy atom. The van der Waals surface area contributed by atoms with Gasteiger partial charge in [0.25, 0.3) is 0 Å². The monoisotopic (exact) mass is 293 g/mol. The number of nitrogens with two attached hydrogens (primary N) is 1. The van der Waals surface area contributed by atoms with Gasteiger partial charge in [-0.15, -0.1) is 5.10 Å². The normalized spacial score (nSPS) is 19.7. The van der Waals surface area contributed by atoms with Gasteiger partial charge in [0.15, 0.2) is 0 Å². The zero-order chi connectivity index (χ0) is 15.2. The van der Waals surface area contributed by atoms with Crippen molar-refractivity contribution in [3.05, 3.63) is 5.82 Å². The van der Waals surface area contributed by atoms with Crippen LogP contribution in [-0.4, -0.2) is 34.3 Å². The average Bonchev–Trinajstić information content (AvgIpc) is 2.98. The lowest BCUT2D eigenvalue weighted by molar-refractivity contribution is 0.352. The van der Waals surface area contributed by atoms with Crippen molar-refractivity contribution in [2.45, 2.75) is 71.3 Å². The van der Waals surface area contributed by atoms with E-state index in [0.717, 1.165) is 44.1 Å². The molecule has 5 heteroatoms. The van der Waals surface area contributed by atoms with E-state index in [1.807, 2.05) is 0 Å². The molecule has 0 aliphatic carbocycles. The molecule has 0 saturated carbocycles. The maximum absolute atomic E-state index is 6.00. The Morgan fingerprint density at radius 3 is 2.62 bits per heavy atom. The number of hydrogen-bond donors (Lipinski definition) is 2. The van der Waals surface area contributed by atoms with Crippen LogP contribution in [0.25, 0.3) is 0 Å². The minimum atomic E-state index is 0.299. The van der Waals surface area contributed by atoms with E-state index in [2.05, 4.69) is 35.9 Å². The van der Waals surface area contributed by atoms with Crippen LogP contribution in [0.15, 0.2) is 0 Å². The first-order chi connectivity index (χ1) is 10.2. The summed E-state index contributed by atoms with van der Waals surface area (Å²) in [6, 6.07) is 0.299. The minimum Gasteiger partial charge on any atom is -0.340 e. The highest BCUT2D eigenvalue weighted by Gasteiger charge is 2.24. The first kappa shape index (κ1) is 16.3. The molecule has 1 aromatic rings. The van der Waals surface area contributed by atoms with Crippen LogP contribution in [0.1, 0.15) is 71.0 Å². The number of hydrogen-bond acceptors (Lipinski definition) is 4. The molecule has 1 aliphatic heterocycles. The second-order valence-electron chi connectivity index (χ2n) is 6.45. The molecule has 2 heterocycles. The van der Waals surface area contributed by atoms with Crippen LogP contribution < -0.4 is 10.6 Å². The molecule has 0 bridgehead atoms. The smallest absolute Gasteiger partial charge is 0.244 e. The van der Waals surface area contributed by atoms with Crippen LogP contribution in [0.4, 0.5) is 5.95 Å². The van der Waals surface area contributed by atoms with Gasteiger partial charge in [-0.3, -0.25) is 5.10 Å². The Morgan fingerprint density at radius 1 is 1.33 bits per heavy atom. The van der Waals surface area contributed by atoms with Crippen molar-refractivity contribution in [1.29, 1.82) is 0 Å². The number of piperidine rings is 1. The third-order valence-electron chi connectivity index (χ3n) is 4.84. The summed E-state index contributed by atoms with van der Waals surface area (Å²) >= 11 is 0. The van der Waals surface area contributed by atoms with Crippen molar-refractivity contribution in [1.82, 2.24) is 15.2 Å². The van der Waals surface area contributed by atoms with E-state index in [1.54, 1.807) is 0 Å². The van der Waals surface area contributed by atoms with Gasteiger partial charge in [-0.1, -0.05) is 26.7 Å². The summed E-state index contributed by atoms with van der Waals surface area (Å²) < 4.78 is 0.